The third-order valence-electron chi connectivity index (χ3n) is 4.29. The molecule has 1 aliphatic heterocycles. The van der Waals surface area contributed by atoms with Gasteiger partial charge in [-0.3, -0.25) is 19.7 Å². The normalized spacial score (nSPS) is 16.3. The average Bonchev–Trinajstić information content (AvgIpc) is 3.04. The summed E-state index contributed by atoms with van der Waals surface area (Å²) in [6.45, 7) is 0.185. The molecule has 1 fully saturated rings. The van der Waals surface area contributed by atoms with Gasteiger partial charge in [0, 0.05) is 35.8 Å². The summed E-state index contributed by atoms with van der Waals surface area (Å²) >= 11 is 5.86. The Morgan fingerprint density at radius 1 is 1.30 bits per heavy atom. The van der Waals surface area contributed by atoms with E-state index >= 15 is 0 Å². The van der Waals surface area contributed by atoms with Gasteiger partial charge >= 0.3 is 0 Å². The molecule has 0 saturated carbocycles. The molecule has 0 aromatic heterocycles. The number of hydrogen-bond acceptors (Lipinski definition) is 5. The molecule has 0 aliphatic carbocycles. The molecule has 2 amide bonds. The van der Waals surface area contributed by atoms with Crippen LogP contribution in [-0.2, 0) is 9.59 Å². The number of anilines is 2. The number of amides is 2. The van der Waals surface area contributed by atoms with E-state index in [1.165, 1.54) is 30.2 Å². The molecule has 0 radical (unpaired) electrons. The lowest BCUT2D eigenvalue weighted by Crippen LogP contribution is -2.28. The minimum atomic E-state index is -0.626. The van der Waals surface area contributed by atoms with E-state index in [1.807, 2.05) is 0 Å². The van der Waals surface area contributed by atoms with Gasteiger partial charge in [-0.15, -0.1) is 0 Å². The van der Waals surface area contributed by atoms with Crippen molar-refractivity contribution in [3.8, 4) is 5.75 Å². The number of hydrogen-bond donors (Lipinski definition) is 1. The van der Waals surface area contributed by atoms with Gasteiger partial charge in [-0.05, 0) is 30.3 Å². The topological polar surface area (TPSA) is 102 Å². The molecule has 8 nitrogen and oxygen atoms in total. The van der Waals surface area contributed by atoms with Crippen molar-refractivity contribution < 1.29 is 19.2 Å². The smallest absolute Gasteiger partial charge is 0.293 e. The van der Waals surface area contributed by atoms with Crippen LogP contribution < -0.4 is 15.0 Å². The van der Waals surface area contributed by atoms with E-state index in [0.29, 0.717) is 16.5 Å². The molecule has 1 heterocycles. The number of ether oxygens (including phenoxy) is 1. The molecule has 9 heteroatoms. The van der Waals surface area contributed by atoms with Gasteiger partial charge in [0.05, 0.1) is 18.0 Å². The van der Waals surface area contributed by atoms with Crippen LogP contribution in [0.25, 0.3) is 0 Å². The molecule has 1 saturated heterocycles. The van der Waals surface area contributed by atoms with Crippen molar-refractivity contribution in [2.24, 2.45) is 5.92 Å². The number of nitro benzene ring substituents is 1. The molecular formula is C18H16ClN3O5. The van der Waals surface area contributed by atoms with Crippen LogP contribution in [0.3, 0.4) is 0 Å². The molecule has 0 unspecified atom stereocenters. The minimum absolute atomic E-state index is 0.0201. The van der Waals surface area contributed by atoms with Gasteiger partial charge in [0.25, 0.3) is 5.69 Å². The van der Waals surface area contributed by atoms with E-state index < -0.39 is 16.7 Å². The number of methoxy groups -OCH3 is 1. The van der Waals surface area contributed by atoms with Gasteiger partial charge in [-0.25, -0.2) is 0 Å². The number of rotatable bonds is 5. The van der Waals surface area contributed by atoms with E-state index in [2.05, 4.69) is 5.32 Å². The van der Waals surface area contributed by atoms with Gasteiger partial charge in [0.15, 0.2) is 0 Å². The Bertz CT molecular complexity index is 900. The second-order valence-electron chi connectivity index (χ2n) is 6.01. The van der Waals surface area contributed by atoms with Crippen molar-refractivity contribution in [3.05, 3.63) is 57.6 Å². The Morgan fingerprint density at radius 3 is 2.63 bits per heavy atom. The van der Waals surface area contributed by atoms with Crippen LogP contribution in [0, 0.1) is 16.0 Å². The molecular weight excluding hydrogens is 374 g/mol. The second-order valence-corrected chi connectivity index (χ2v) is 6.45. The van der Waals surface area contributed by atoms with E-state index in [9.17, 15) is 19.7 Å². The first-order valence-electron chi connectivity index (χ1n) is 8.08. The molecule has 0 spiro atoms. The Kier molecular flexibility index (Phi) is 5.27. The molecule has 3 rings (SSSR count). The van der Waals surface area contributed by atoms with Crippen molar-refractivity contribution in [1.29, 1.82) is 0 Å². The van der Waals surface area contributed by atoms with E-state index in [1.54, 1.807) is 24.3 Å². The summed E-state index contributed by atoms with van der Waals surface area (Å²) in [5.41, 5.74) is 0.428. The molecule has 1 aliphatic rings. The van der Waals surface area contributed by atoms with E-state index in [-0.39, 0.29) is 30.2 Å². The van der Waals surface area contributed by atoms with Gasteiger partial charge in [-0.1, -0.05) is 11.6 Å². The van der Waals surface area contributed by atoms with Crippen LogP contribution in [0.2, 0.25) is 5.02 Å². The number of carbonyl (C=O) groups excluding carboxylic acids is 2. The lowest BCUT2D eigenvalue weighted by Gasteiger charge is -2.17. The third kappa shape index (κ3) is 4.01. The maximum atomic E-state index is 12.6. The van der Waals surface area contributed by atoms with Crippen molar-refractivity contribution in [2.45, 2.75) is 6.42 Å². The predicted molar refractivity (Wildman–Crippen MR) is 100 cm³/mol. The SMILES string of the molecule is COc1ccc([N+](=O)[O-])c(NC(=O)[C@H]2CC(=O)N(c3ccc(Cl)cc3)C2)c1. The number of nitro groups is 1. The number of carbonyl (C=O) groups is 2. The summed E-state index contributed by atoms with van der Waals surface area (Å²) < 4.78 is 5.05. The van der Waals surface area contributed by atoms with Crippen LogP contribution in [-0.4, -0.2) is 30.4 Å². The predicted octanol–water partition coefficient (Wildman–Crippen LogP) is 3.25. The van der Waals surface area contributed by atoms with Crippen LogP contribution in [0.5, 0.6) is 5.75 Å². The molecule has 140 valence electrons. The van der Waals surface area contributed by atoms with Gasteiger partial charge in [0.1, 0.15) is 11.4 Å². The van der Waals surface area contributed by atoms with Crippen LogP contribution in [0.1, 0.15) is 6.42 Å². The number of benzene rings is 2. The highest BCUT2D eigenvalue weighted by molar-refractivity contribution is 6.30. The highest BCUT2D eigenvalue weighted by Gasteiger charge is 2.35. The van der Waals surface area contributed by atoms with Gasteiger partial charge in [0.2, 0.25) is 11.8 Å². The van der Waals surface area contributed by atoms with Crippen molar-refractivity contribution in [3.63, 3.8) is 0 Å². The second kappa shape index (κ2) is 7.63. The summed E-state index contributed by atoms with van der Waals surface area (Å²) in [7, 11) is 1.42. The first kappa shape index (κ1) is 18.7. The summed E-state index contributed by atoms with van der Waals surface area (Å²) in [6.07, 6.45) is 0.0201. The molecule has 1 atom stereocenters. The standard InChI is InChI=1S/C18H16ClN3O5/c1-27-14-6-7-16(22(25)26)15(9-14)20-18(24)11-8-17(23)21(10-11)13-4-2-12(19)3-5-13/h2-7,9,11H,8,10H2,1H3,(H,20,24)/t11-/m0/s1. The largest absolute Gasteiger partial charge is 0.497 e. The Hall–Kier alpha value is -3.13. The summed E-state index contributed by atoms with van der Waals surface area (Å²) in [4.78, 5) is 37.0. The minimum Gasteiger partial charge on any atom is -0.497 e. The quantitative estimate of drug-likeness (QED) is 0.624. The average molecular weight is 390 g/mol. The zero-order chi connectivity index (χ0) is 19.6. The molecule has 2 aromatic rings. The Labute approximate surface area is 159 Å². The monoisotopic (exact) mass is 389 g/mol. The maximum absolute atomic E-state index is 12.6. The lowest BCUT2D eigenvalue weighted by atomic mass is 10.1. The van der Waals surface area contributed by atoms with Gasteiger partial charge < -0.3 is 15.0 Å². The molecule has 1 N–H and O–H groups in total. The fourth-order valence-corrected chi connectivity index (χ4v) is 3.02. The first-order valence-corrected chi connectivity index (χ1v) is 8.46. The zero-order valence-corrected chi connectivity index (χ0v) is 15.1. The lowest BCUT2D eigenvalue weighted by molar-refractivity contribution is -0.383. The van der Waals surface area contributed by atoms with E-state index in [4.69, 9.17) is 16.3 Å². The highest BCUT2D eigenvalue weighted by atomic mass is 35.5. The third-order valence-corrected chi connectivity index (χ3v) is 4.54. The molecule has 2 aromatic carbocycles. The Morgan fingerprint density at radius 2 is 2.00 bits per heavy atom. The summed E-state index contributed by atoms with van der Waals surface area (Å²) in [5, 5.41) is 14.3. The van der Waals surface area contributed by atoms with Crippen molar-refractivity contribution in [1.82, 2.24) is 0 Å². The maximum Gasteiger partial charge on any atom is 0.293 e. The zero-order valence-electron chi connectivity index (χ0n) is 14.3. The van der Waals surface area contributed by atoms with Crippen LogP contribution >= 0.6 is 11.6 Å². The summed E-state index contributed by atoms with van der Waals surface area (Å²) in [6, 6.07) is 10.8. The van der Waals surface area contributed by atoms with Crippen LogP contribution in [0.15, 0.2) is 42.5 Å². The highest BCUT2D eigenvalue weighted by Crippen LogP contribution is 2.31. The van der Waals surface area contributed by atoms with Crippen molar-refractivity contribution >= 4 is 40.5 Å². The molecule has 0 bridgehead atoms. The number of nitrogens with one attached hydrogen (secondary N) is 1. The Balaban J connectivity index is 1.77. The summed E-state index contributed by atoms with van der Waals surface area (Å²) in [5.74, 6) is -0.908. The van der Waals surface area contributed by atoms with Crippen LogP contribution in [0.4, 0.5) is 17.1 Å². The molecule has 27 heavy (non-hydrogen) atoms. The van der Waals surface area contributed by atoms with E-state index in [0.717, 1.165) is 0 Å². The van der Waals surface area contributed by atoms with Crippen molar-refractivity contribution in [2.75, 3.05) is 23.9 Å². The number of halogens is 1. The van der Waals surface area contributed by atoms with Gasteiger partial charge in [-0.2, -0.15) is 0 Å². The fraction of sp³-hybridized carbons (Fsp3) is 0.222. The fourth-order valence-electron chi connectivity index (χ4n) is 2.89. The number of nitrogens with zero attached hydrogens (tertiary/aromatic N) is 2. The first-order chi connectivity index (χ1) is 12.9.